The Bertz CT molecular complexity index is 1690. The van der Waals surface area contributed by atoms with Gasteiger partial charge in [-0.15, -0.1) is 0 Å². The molecule has 0 spiro atoms. The third-order valence-corrected chi connectivity index (χ3v) is 9.81. The van der Waals surface area contributed by atoms with Gasteiger partial charge in [-0.05, 0) is 74.2 Å². The van der Waals surface area contributed by atoms with Crippen molar-refractivity contribution >= 4 is 39.1 Å². The Kier molecular flexibility index (Phi) is 10.2. The van der Waals surface area contributed by atoms with Crippen LogP contribution in [-0.2, 0) is 19.4 Å². The lowest BCUT2D eigenvalue weighted by Crippen LogP contribution is -2.38. The first-order chi connectivity index (χ1) is 21.4. The van der Waals surface area contributed by atoms with E-state index in [1.165, 1.54) is 51.9 Å². The van der Waals surface area contributed by atoms with Crippen molar-refractivity contribution < 1.29 is 37.0 Å². The molecule has 2 aromatic carbocycles. The minimum absolute atomic E-state index is 0.0756. The summed E-state index contributed by atoms with van der Waals surface area (Å²) in [6.45, 7) is 3.51. The van der Waals surface area contributed by atoms with E-state index in [2.05, 4.69) is 15.6 Å². The number of ether oxygens (including phenoxy) is 3. The summed E-state index contributed by atoms with van der Waals surface area (Å²) in [5, 5.41) is 5.04. The molecule has 240 valence electrons. The van der Waals surface area contributed by atoms with Gasteiger partial charge in [0.05, 0.1) is 55.0 Å². The van der Waals surface area contributed by atoms with Crippen LogP contribution in [0.25, 0.3) is 0 Å². The Morgan fingerprint density at radius 1 is 0.978 bits per heavy atom. The number of aromatic nitrogens is 1. The highest BCUT2D eigenvalue weighted by molar-refractivity contribution is 7.92. The van der Waals surface area contributed by atoms with Crippen molar-refractivity contribution in [1.29, 1.82) is 0 Å². The van der Waals surface area contributed by atoms with Crippen LogP contribution in [0.15, 0.2) is 59.8 Å². The lowest BCUT2D eigenvalue weighted by molar-refractivity contribution is -0.133. The van der Waals surface area contributed by atoms with Crippen molar-refractivity contribution in [2.24, 2.45) is 5.73 Å². The summed E-state index contributed by atoms with van der Waals surface area (Å²) < 4.78 is 42.6. The van der Waals surface area contributed by atoms with Crippen molar-refractivity contribution in [3.8, 4) is 11.5 Å². The van der Waals surface area contributed by atoms with Crippen LogP contribution in [0.5, 0.6) is 11.5 Å². The van der Waals surface area contributed by atoms with E-state index in [1.807, 2.05) is 0 Å². The lowest BCUT2D eigenvalue weighted by atomic mass is 10.0. The number of benzene rings is 2. The van der Waals surface area contributed by atoms with E-state index in [-0.39, 0.29) is 16.4 Å². The van der Waals surface area contributed by atoms with Gasteiger partial charge in [-0.3, -0.25) is 19.9 Å². The van der Waals surface area contributed by atoms with Crippen LogP contribution < -0.4 is 25.8 Å². The Morgan fingerprint density at radius 3 is 2.36 bits per heavy atom. The molecule has 3 amide bonds. The topological polar surface area (TPSA) is 179 Å². The summed E-state index contributed by atoms with van der Waals surface area (Å²) in [4.78, 5) is 44.2. The fourth-order valence-corrected chi connectivity index (χ4v) is 6.52. The van der Waals surface area contributed by atoms with E-state index in [0.29, 0.717) is 53.4 Å². The second-order valence-corrected chi connectivity index (χ2v) is 13.1. The smallest absolute Gasteiger partial charge is 0.411 e. The fraction of sp³-hybridized carbons (Fsp3) is 0.355. The number of likely N-dealkylation sites (tertiary alicyclic amines) is 1. The number of carbonyl (C=O) groups is 3. The highest BCUT2D eigenvalue weighted by Crippen LogP contribution is 2.40. The zero-order valence-corrected chi connectivity index (χ0v) is 26.5. The van der Waals surface area contributed by atoms with Crippen molar-refractivity contribution in [2.45, 2.75) is 48.9 Å². The number of hydrogen-bond donors (Lipinski definition) is 3. The monoisotopic (exact) mass is 639 g/mol. The van der Waals surface area contributed by atoms with Gasteiger partial charge >= 0.3 is 6.09 Å². The van der Waals surface area contributed by atoms with Gasteiger partial charge in [-0.2, -0.15) is 0 Å². The van der Waals surface area contributed by atoms with Gasteiger partial charge in [0, 0.05) is 18.4 Å². The number of nitrogens with two attached hydrogens (primary N) is 1. The first-order valence-corrected chi connectivity index (χ1v) is 15.7. The van der Waals surface area contributed by atoms with E-state index < -0.39 is 39.2 Å². The standard InChI is InChI=1S/C31H37N5O8S/c1-18(2)45(40,41)27-11-9-21(35-31(39)44-5)15-23(27)24-7-6-12-36(24)30(38)28(19-8-10-25(42-3)26(14-19)43-4)34-22-13-20(29(32)37)16-33-17-22/h8-11,13-18,24,28,34H,6-7,12H2,1-5H3,(H2,32,37)(H,35,39)/t24-,28+/m1/s1. The summed E-state index contributed by atoms with van der Waals surface area (Å²) in [5.41, 5.74) is 7.20. The van der Waals surface area contributed by atoms with Gasteiger partial charge < -0.3 is 30.2 Å². The number of primary amides is 1. The molecule has 45 heavy (non-hydrogen) atoms. The van der Waals surface area contributed by atoms with Crippen LogP contribution in [0.4, 0.5) is 16.2 Å². The van der Waals surface area contributed by atoms with Crippen LogP contribution in [0, 0.1) is 0 Å². The molecule has 4 N–H and O–H groups in total. The zero-order valence-electron chi connectivity index (χ0n) is 25.7. The molecule has 1 saturated heterocycles. The maximum absolute atomic E-state index is 14.6. The molecule has 1 fully saturated rings. The zero-order chi connectivity index (χ0) is 32.9. The predicted octanol–water partition coefficient (Wildman–Crippen LogP) is 4.08. The molecule has 3 aromatic rings. The second-order valence-electron chi connectivity index (χ2n) is 10.7. The highest BCUT2D eigenvalue weighted by Gasteiger charge is 2.38. The number of carbonyl (C=O) groups excluding carboxylic acids is 3. The summed E-state index contributed by atoms with van der Waals surface area (Å²) in [5.74, 6) is -0.196. The fourth-order valence-electron chi connectivity index (χ4n) is 5.23. The normalized spacial score (nSPS) is 15.3. The molecule has 2 atom stereocenters. The molecule has 2 heterocycles. The number of hydrogen-bond acceptors (Lipinski definition) is 10. The van der Waals surface area contributed by atoms with E-state index in [0.717, 1.165) is 0 Å². The number of rotatable bonds is 11. The molecule has 14 heteroatoms. The Balaban J connectivity index is 1.82. The SMILES string of the molecule is COC(=O)Nc1ccc(S(=O)(=O)C(C)C)c([C@H]2CCCN2C(=O)[C@@H](Nc2cncc(C(N)=O)c2)c2ccc(OC)c(OC)c2)c1. The molecule has 1 aromatic heterocycles. The van der Waals surface area contributed by atoms with Crippen LogP contribution in [0.1, 0.15) is 60.3 Å². The largest absolute Gasteiger partial charge is 0.493 e. The van der Waals surface area contributed by atoms with Crippen LogP contribution in [0.3, 0.4) is 0 Å². The number of sulfone groups is 1. The van der Waals surface area contributed by atoms with Gasteiger partial charge in [0.1, 0.15) is 6.04 Å². The first kappa shape index (κ1) is 33.1. The molecule has 0 unspecified atom stereocenters. The molecule has 13 nitrogen and oxygen atoms in total. The average molecular weight is 640 g/mol. The molecule has 0 bridgehead atoms. The van der Waals surface area contributed by atoms with E-state index in [9.17, 15) is 22.8 Å². The highest BCUT2D eigenvalue weighted by atomic mass is 32.2. The summed E-state index contributed by atoms with van der Waals surface area (Å²) in [6.07, 6.45) is 3.15. The van der Waals surface area contributed by atoms with Crippen LogP contribution in [0.2, 0.25) is 0 Å². The molecule has 0 radical (unpaired) electrons. The third-order valence-electron chi connectivity index (χ3n) is 7.59. The summed E-state index contributed by atoms with van der Waals surface area (Å²) in [6, 6.07) is 9.39. The Morgan fingerprint density at radius 2 is 1.71 bits per heavy atom. The molecular formula is C31H37N5O8S. The van der Waals surface area contributed by atoms with E-state index in [4.69, 9.17) is 19.9 Å². The number of nitrogens with one attached hydrogen (secondary N) is 2. The van der Waals surface area contributed by atoms with Crippen molar-refractivity contribution in [1.82, 2.24) is 9.88 Å². The number of amides is 3. The van der Waals surface area contributed by atoms with Gasteiger partial charge in [-0.25, -0.2) is 13.2 Å². The molecule has 1 aliphatic rings. The maximum atomic E-state index is 14.6. The van der Waals surface area contributed by atoms with Crippen LogP contribution >= 0.6 is 0 Å². The summed E-state index contributed by atoms with van der Waals surface area (Å²) in [7, 11) is 0.429. The molecule has 4 rings (SSSR count). The van der Waals surface area contributed by atoms with Gasteiger partial charge in [-0.1, -0.05) is 6.07 Å². The lowest BCUT2D eigenvalue weighted by Gasteiger charge is -2.32. The third kappa shape index (κ3) is 7.11. The van der Waals surface area contributed by atoms with Crippen molar-refractivity contribution in [3.05, 3.63) is 71.5 Å². The molecular weight excluding hydrogens is 602 g/mol. The number of nitrogens with zero attached hydrogens (tertiary/aromatic N) is 2. The quantitative estimate of drug-likeness (QED) is 0.277. The van der Waals surface area contributed by atoms with Crippen LogP contribution in [-0.4, -0.2) is 69.3 Å². The Labute approximate surface area is 262 Å². The minimum Gasteiger partial charge on any atom is -0.493 e. The molecule has 0 saturated carbocycles. The van der Waals surface area contributed by atoms with Crippen molar-refractivity contribution in [3.63, 3.8) is 0 Å². The van der Waals surface area contributed by atoms with Gasteiger partial charge in [0.15, 0.2) is 21.3 Å². The maximum Gasteiger partial charge on any atom is 0.411 e. The predicted molar refractivity (Wildman–Crippen MR) is 167 cm³/mol. The van der Waals surface area contributed by atoms with Crippen molar-refractivity contribution in [2.75, 3.05) is 38.5 Å². The first-order valence-electron chi connectivity index (χ1n) is 14.2. The van der Waals surface area contributed by atoms with Gasteiger partial charge in [0.2, 0.25) is 11.8 Å². The second kappa shape index (κ2) is 13.8. The van der Waals surface area contributed by atoms with Gasteiger partial charge in [0.25, 0.3) is 0 Å². The van der Waals surface area contributed by atoms with E-state index >= 15 is 0 Å². The Hall–Kier alpha value is -4.85. The van der Waals surface area contributed by atoms with E-state index in [1.54, 1.807) is 43.0 Å². The summed E-state index contributed by atoms with van der Waals surface area (Å²) >= 11 is 0. The number of methoxy groups -OCH3 is 3. The number of pyridine rings is 1. The minimum atomic E-state index is -3.78. The molecule has 0 aliphatic carbocycles. The number of anilines is 2. The average Bonchev–Trinajstić information content (AvgIpc) is 3.53. The molecule has 1 aliphatic heterocycles.